The summed E-state index contributed by atoms with van der Waals surface area (Å²) in [5.41, 5.74) is 2.09. The average Bonchev–Trinajstić information content (AvgIpc) is 2.83. The minimum atomic E-state index is -3.39. The summed E-state index contributed by atoms with van der Waals surface area (Å²) in [4.78, 5) is 0. The molecule has 1 heterocycles. The largest absolute Gasteiger partial charge is 0.382 e. The second-order valence-corrected chi connectivity index (χ2v) is 6.17. The van der Waals surface area contributed by atoms with Gasteiger partial charge in [0.2, 0.25) is 0 Å². The minimum absolute atomic E-state index is 0.308. The van der Waals surface area contributed by atoms with Crippen LogP contribution in [0.4, 0.5) is 0 Å². The maximum atomic E-state index is 12.9. The maximum Gasteiger partial charge on any atom is 0.382 e. The van der Waals surface area contributed by atoms with E-state index in [-0.39, 0.29) is 0 Å². The molecule has 0 atom stereocenters. The summed E-state index contributed by atoms with van der Waals surface area (Å²) in [6, 6.07) is 9.69. The third-order valence-corrected chi connectivity index (χ3v) is 4.80. The van der Waals surface area contributed by atoms with Gasteiger partial charge in [0.25, 0.3) is 0 Å². The number of aryl methyl sites for hydroxylation is 1. The highest BCUT2D eigenvalue weighted by Crippen LogP contribution is 2.48. The molecule has 0 aliphatic carbocycles. The molecule has 0 spiro atoms. The number of rotatable bonds is 6. The van der Waals surface area contributed by atoms with Gasteiger partial charge in [0.05, 0.1) is 13.2 Å². The number of hydrogen-bond acceptors (Lipinski definition) is 4. The molecule has 108 valence electrons. The van der Waals surface area contributed by atoms with Crippen LogP contribution in [0.5, 0.6) is 0 Å². The van der Waals surface area contributed by atoms with Gasteiger partial charge in [-0.25, -0.2) is 0 Å². The Morgan fingerprint density at radius 2 is 1.75 bits per heavy atom. The van der Waals surface area contributed by atoms with Crippen LogP contribution in [0.2, 0.25) is 0 Å². The molecule has 5 nitrogen and oxygen atoms in total. The molecule has 0 saturated heterocycles. The molecule has 20 heavy (non-hydrogen) atoms. The van der Waals surface area contributed by atoms with Gasteiger partial charge in [0.15, 0.2) is 5.44 Å². The predicted octanol–water partition coefficient (Wildman–Crippen LogP) is 2.98. The molecule has 6 heteroatoms. The average molecular weight is 294 g/mol. The van der Waals surface area contributed by atoms with E-state index < -0.39 is 7.60 Å². The highest BCUT2D eigenvalue weighted by molar-refractivity contribution is 7.62. The number of hydrogen-bond donors (Lipinski definition) is 0. The molecule has 0 amide bonds. The van der Waals surface area contributed by atoms with Crippen LogP contribution in [0.25, 0.3) is 11.1 Å². The Labute approximate surface area is 119 Å². The van der Waals surface area contributed by atoms with Crippen LogP contribution in [0.1, 0.15) is 13.8 Å². The molecule has 0 saturated carbocycles. The molecule has 2 rings (SSSR count). The van der Waals surface area contributed by atoms with Crippen molar-refractivity contribution in [2.75, 3.05) is 13.2 Å². The van der Waals surface area contributed by atoms with Gasteiger partial charge in [-0.1, -0.05) is 30.3 Å². The van der Waals surface area contributed by atoms with Crippen LogP contribution < -0.4 is 5.44 Å². The zero-order valence-corrected chi connectivity index (χ0v) is 12.8. The minimum Gasteiger partial charge on any atom is -0.304 e. The van der Waals surface area contributed by atoms with Crippen LogP contribution in [0.3, 0.4) is 0 Å². The summed E-state index contributed by atoms with van der Waals surface area (Å²) in [6.07, 6.45) is 1.83. The molecule has 0 aliphatic rings. The lowest BCUT2D eigenvalue weighted by Crippen LogP contribution is -2.15. The van der Waals surface area contributed by atoms with E-state index in [4.69, 9.17) is 9.05 Å². The van der Waals surface area contributed by atoms with Crippen molar-refractivity contribution in [3.63, 3.8) is 0 Å². The van der Waals surface area contributed by atoms with Gasteiger partial charge >= 0.3 is 7.60 Å². The Balaban J connectivity index is 2.54. The quantitative estimate of drug-likeness (QED) is 0.769. The van der Waals surface area contributed by atoms with Gasteiger partial charge in [0.1, 0.15) is 0 Å². The van der Waals surface area contributed by atoms with Crippen molar-refractivity contribution < 1.29 is 13.6 Å². The SMILES string of the molecule is CCOP(=O)(OCC)c1nn(C)cc1-c1ccccc1. The van der Waals surface area contributed by atoms with Gasteiger partial charge in [-0.2, -0.15) is 5.10 Å². The van der Waals surface area contributed by atoms with Crippen molar-refractivity contribution in [2.24, 2.45) is 7.05 Å². The Kier molecular flexibility index (Phi) is 4.76. The topological polar surface area (TPSA) is 53.4 Å². The van der Waals surface area contributed by atoms with Crippen LogP contribution in [-0.4, -0.2) is 23.0 Å². The summed E-state index contributed by atoms with van der Waals surface area (Å²) < 4.78 is 25.3. The second kappa shape index (κ2) is 6.35. The fourth-order valence-electron chi connectivity index (χ4n) is 2.00. The summed E-state index contributed by atoms with van der Waals surface area (Å²) in [7, 11) is -1.60. The van der Waals surface area contributed by atoms with Gasteiger partial charge < -0.3 is 9.05 Å². The lowest BCUT2D eigenvalue weighted by atomic mass is 10.1. The molecule has 0 aliphatic heterocycles. The molecule has 1 aromatic heterocycles. The molecular formula is C14H19N2O3P. The van der Waals surface area contributed by atoms with E-state index in [1.807, 2.05) is 36.5 Å². The van der Waals surface area contributed by atoms with Crippen LogP contribution in [-0.2, 0) is 20.7 Å². The third-order valence-electron chi connectivity index (χ3n) is 2.75. The first-order valence-corrected chi connectivity index (χ1v) is 8.13. The number of aromatic nitrogens is 2. The van der Waals surface area contributed by atoms with Gasteiger partial charge in [-0.15, -0.1) is 0 Å². The first kappa shape index (κ1) is 15.0. The van der Waals surface area contributed by atoms with E-state index in [0.717, 1.165) is 11.1 Å². The molecule has 2 aromatic rings. The number of benzene rings is 1. The summed E-state index contributed by atoms with van der Waals surface area (Å²) in [5.74, 6) is 0. The summed E-state index contributed by atoms with van der Waals surface area (Å²) in [6.45, 7) is 4.19. The Morgan fingerprint density at radius 1 is 1.15 bits per heavy atom. The van der Waals surface area contributed by atoms with E-state index in [2.05, 4.69) is 5.10 Å². The van der Waals surface area contributed by atoms with Gasteiger partial charge in [0, 0.05) is 18.8 Å². The Morgan fingerprint density at radius 3 is 2.30 bits per heavy atom. The lowest BCUT2D eigenvalue weighted by Gasteiger charge is -2.16. The van der Waals surface area contributed by atoms with Gasteiger partial charge in [-0.05, 0) is 19.4 Å². The first-order valence-electron chi connectivity index (χ1n) is 6.59. The standard InChI is InChI=1S/C14H19N2O3P/c1-4-18-20(17,19-5-2)14-13(11-16(3)15-14)12-9-7-6-8-10-12/h6-11H,4-5H2,1-3H3. The molecule has 0 fully saturated rings. The number of nitrogens with zero attached hydrogens (tertiary/aromatic N) is 2. The van der Waals surface area contributed by atoms with Gasteiger partial charge in [-0.3, -0.25) is 9.25 Å². The smallest absolute Gasteiger partial charge is 0.304 e. The zero-order valence-electron chi connectivity index (χ0n) is 11.9. The molecule has 0 bridgehead atoms. The van der Waals surface area contributed by atoms with Crippen molar-refractivity contribution in [2.45, 2.75) is 13.8 Å². The van der Waals surface area contributed by atoms with E-state index in [0.29, 0.717) is 18.6 Å². The molecule has 0 N–H and O–H groups in total. The van der Waals surface area contributed by atoms with Crippen LogP contribution >= 0.6 is 7.60 Å². The molecule has 1 aromatic carbocycles. The lowest BCUT2D eigenvalue weighted by molar-refractivity contribution is 0.229. The van der Waals surface area contributed by atoms with Crippen LogP contribution in [0, 0.1) is 0 Å². The Hall–Kier alpha value is -1.42. The highest BCUT2D eigenvalue weighted by atomic mass is 31.2. The molecular weight excluding hydrogens is 275 g/mol. The zero-order chi connectivity index (χ0) is 14.6. The second-order valence-electron chi connectivity index (χ2n) is 4.24. The van der Waals surface area contributed by atoms with Crippen molar-refractivity contribution in [3.8, 4) is 11.1 Å². The van der Waals surface area contributed by atoms with Crippen molar-refractivity contribution >= 4 is 13.0 Å². The summed E-state index contributed by atoms with van der Waals surface area (Å²) in [5, 5.41) is 4.30. The maximum absolute atomic E-state index is 12.9. The van der Waals surface area contributed by atoms with Crippen LogP contribution in [0.15, 0.2) is 36.5 Å². The van der Waals surface area contributed by atoms with E-state index >= 15 is 0 Å². The monoisotopic (exact) mass is 294 g/mol. The molecule has 0 unspecified atom stereocenters. The van der Waals surface area contributed by atoms with Crippen molar-refractivity contribution in [1.82, 2.24) is 9.78 Å². The van der Waals surface area contributed by atoms with Crippen molar-refractivity contribution in [3.05, 3.63) is 36.5 Å². The fraction of sp³-hybridized carbons (Fsp3) is 0.357. The highest BCUT2D eigenvalue weighted by Gasteiger charge is 2.33. The van der Waals surface area contributed by atoms with E-state index in [9.17, 15) is 4.57 Å². The predicted molar refractivity (Wildman–Crippen MR) is 79.1 cm³/mol. The third kappa shape index (κ3) is 3.01. The van der Waals surface area contributed by atoms with E-state index in [1.165, 1.54) is 0 Å². The first-order chi connectivity index (χ1) is 9.60. The van der Waals surface area contributed by atoms with Crippen molar-refractivity contribution in [1.29, 1.82) is 0 Å². The summed E-state index contributed by atoms with van der Waals surface area (Å²) >= 11 is 0. The normalized spacial score (nSPS) is 11.8. The Bertz CT molecular complexity index is 600. The van der Waals surface area contributed by atoms with E-state index in [1.54, 1.807) is 25.6 Å². The fourth-order valence-corrected chi connectivity index (χ4v) is 3.73. The molecule has 0 radical (unpaired) electrons.